The highest BCUT2D eigenvalue weighted by molar-refractivity contribution is 6.31. The third kappa shape index (κ3) is 3.20. The number of benzene rings is 1. The molecule has 2 nitrogen and oxygen atoms in total. The Kier molecular flexibility index (Phi) is 4.23. The van der Waals surface area contributed by atoms with Gasteiger partial charge < -0.3 is 9.64 Å². The highest BCUT2D eigenvalue weighted by Gasteiger charge is 2.02. The van der Waals surface area contributed by atoms with Crippen LogP contribution >= 0.6 is 11.6 Å². The van der Waals surface area contributed by atoms with Crippen LogP contribution in [-0.4, -0.2) is 32.6 Å². The molecule has 0 atom stereocenters. The number of halogens is 1. The van der Waals surface area contributed by atoms with Crippen molar-refractivity contribution in [1.82, 2.24) is 4.90 Å². The molecule has 0 heterocycles. The average Bonchev–Trinajstić information content (AvgIpc) is 2.15. The fourth-order valence-electron chi connectivity index (χ4n) is 1.20. The van der Waals surface area contributed by atoms with Gasteiger partial charge in [0.25, 0.3) is 0 Å². The molecule has 14 heavy (non-hydrogen) atoms. The fourth-order valence-corrected chi connectivity index (χ4v) is 1.47. The molecule has 0 aromatic heterocycles. The first-order valence-corrected chi connectivity index (χ1v) is 4.98. The summed E-state index contributed by atoms with van der Waals surface area (Å²) in [6.07, 6.45) is 0.968. The SMILES string of the molecule is COc1ccc(CCN(C)C)c(Cl)c1. The molecule has 78 valence electrons. The number of rotatable bonds is 4. The first kappa shape index (κ1) is 11.3. The van der Waals surface area contributed by atoms with Crippen LogP contribution in [0.5, 0.6) is 5.75 Å². The van der Waals surface area contributed by atoms with Crippen LogP contribution in [0.15, 0.2) is 18.2 Å². The van der Waals surface area contributed by atoms with Crippen LogP contribution in [0, 0.1) is 0 Å². The zero-order valence-corrected chi connectivity index (χ0v) is 9.64. The summed E-state index contributed by atoms with van der Waals surface area (Å²) in [5.41, 5.74) is 1.17. The standard InChI is InChI=1S/C11H16ClNO/c1-13(2)7-6-9-4-5-10(14-3)8-11(9)12/h4-5,8H,6-7H2,1-3H3. The largest absolute Gasteiger partial charge is 0.497 e. The van der Waals surface area contributed by atoms with E-state index in [1.54, 1.807) is 7.11 Å². The van der Waals surface area contributed by atoms with Gasteiger partial charge in [0.1, 0.15) is 5.75 Å². The van der Waals surface area contributed by atoms with E-state index in [9.17, 15) is 0 Å². The van der Waals surface area contributed by atoms with Gasteiger partial charge in [-0.05, 0) is 38.2 Å². The van der Waals surface area contributed by atoms with Crippen molar-refractivity contribution in [2.45, 2.75) is 6.42 Å². The minimum Gasteiger partial charge on any atom is -0.497 e. The molecule has 0 saturated carbocycles. The smallest absolute Gasteiger partial charge is 0.120 e. The summed E-state index contributed by atoms with van der Waals surface area (Å²) in [7, 11) is 5.75. The van der Waals surface area contributed by atoms with Gasteiger partial charge in [0.15, 0.2) is 0 Å². The molecule has 0 bridgehead atoms. The molecule has 0 aliphatic carbocycles. The summed E-state index contributed by atoms with van der Waals surface area (Å²) in [5, 5.41) is 0.784. The Morgan fingerprint density at radius 2 is 2.07 bits per heavy atom. The number of nitrogens with zero attached hydrogens (tertiary/aromatic N) is 1. The number of methoxy groups -OCH3 is 1. The zero-order chi connectivity index (χ0) is 10.6. The Labute approximate surface area is 90.4 Å². The summed E-state index contributed by atoms with van der Waals surface area (Å²) >= 11 is 6.09. The normalized spacial score (nSPS) is 10.6. The number of hydrogen-bond acceptors (Lipinski definition) is 2. The summed E-state index contributed by atoms with van der Waals surface area (Å²) in [4.78, 5) is 2.14. The van der Waals surface area contributed by atoms with Gasteiger partial charge in [-0.1, -0.05) is 17.7 Å². The van der Waals surface area contributed by atoms with Gasteiger partial charge in [-0.2, -0.15) is 0 Å². The Morgan fingerprint density at radius 3 is 2.57 bits per heavy atom. The first-order valence-electron chi connectivity index (χ1n) is 4.60. The lowest BCUT2D eigenvalue weighted by Gasteiger charge is -2.10. The lowest BCUT2D eigenvalue weighted by Crippen LogP contribution is -2.15. The summed E-state index contributed by atoms with van der Waals surface area (Å²) in [6.45, 7) is 1.01. The van der Waals surface area contributed by atoms with Gasteiger partial charge in [-0.3, -0.25) is 0 Å². The number of likely N-dealkylation sites (N-methyl/N-ethyl adjacent to an activating group) is 1. The monoisotopic (exact) mass is 213 g/mol. The lowest BCUT2D eigenvalue weighted by atomic mass is 10.1. The van der Waals surface area contributed by atoms with E-state index in [0.717, 1.165) is 23.7 Å². The van der Waals surface area contributed by atoms with Crippen molar-refractivity contribution in [3.63, 3.8) is 0 Å². The Hall–Kier alpha value is -0.730. The van der Waals surface area contributed by atoms with E-state index in [4.69, 9.17) is 16.3 Å². The molecule has 1 rings (SSSR count). The molecule has 0 spiro atoms. The van der Waals surface area contributed by atoms with E-state index in [1.807, 2.05) is 18.2 Å². The number of hydrogen-bond donors (Lipinski definition) is 0. The van der Waals surface area contributed by atoms with E-state index in [0.29, 0.717) is 0 Å². The van der Waals surface area contributed by atoms with Crippen molar-refractivity contribution in [3.8, 4) is 5.75 Å². The Morgan fingerprint density at radius 1 is 1.36 bits per heavy atom. The summed E-state index contributed by atoms with van der Waals surface area (Å²) < 4.78 is 5.08. The maximum absolute atomic E-state index is 6.09. The molecule has 0 saturated heterocycles. The Bertz CT molecular complexity index is 299. The predicted octanol–water partition coefficient (Wildman–Crippen LogP) is 2.45. The van der Waals surface area contributed by atoms with E-state index < -0.39 is 0 Å². The third-order valence-corrected chi connectivity index (χ3v) is 2.44. The molecule has 1 aromatic carbocycles. The second kappa shape index (κ2) is 5.23. The summed E-state index contributed by atoms with van der Waals surface area (Å²) in [5.74, 6) is 0.809. The van der Waals surface area contributed by atoms with E-state index >= 15 is 0 Å². The van der Waals surface area contributed by atoms with E-state index in [1.165, 1.54) is 5.56 Å². The van der Waals surface area contributed by atoms with Crippen LogP contribution < -0.4 is 4.74 Å². The molecule has 3 heteroatoms. The molecule has 0 N–H and O–H groups in total. The molecule has 0 radical (unpaired) electrons. The molecular weight excluding hydrogens is 198 g/mol. The minimum absolute atomic E-state index is 0.784. The molecule has 0 unspecified atom stereocenters. The average molecular weight is 214 g/mol. The third-order valence-electron chi connectivity index (χ3n) is 2.09. The second-order valence-corrected chi connectivity index (χ2v) is 3.92. The Balaban J connectivity index is 2.69. The molecule has 0 fully saturated rings. The lowest BCUT2D eigenvalue weighted by molar-refractivity contribution is 0.410. The topological polar surface area (TPSA) is 12.5 Å². The molecule has 0 aliphatic heterocycles. The van der Waals surface area contributed by atoms with Gasteiger partial charge >= 0.3 is 0 Å². The van der Waals surface area contributed by atoms with Crippen molar-refractivity contribution in [3.05, 3.63) is 28.8 Å². The van der Waals surface area contributed by atoms with E-state index in [2.05, 4.69) is 19.0 Å². The van der Waals surface area contributed by atoms with Crippen LogP contribution in [0.25, 0.3) is 0 Å². The van der Waals surface area contributed by atoms with Crippen molar-refractivity contribution < 1.29 is 4.74 Å². The molecule has 1 aromatic rings. The van der Waals surface area contributed by atoms with Gasteiger partial charge in [0, 0.05) is 11.6 Å². The minimum atomic E-state index is 0.784. The number of ether oxygens (including phenoxy) is 1. The van der Waals surface area contributed by atoms with Crippen LogP contribution in [0.2, 0.25) is 5.02 Å². The van der Waals surface area contributed by atoms with Gasteiger partial charge in [-0.25, -0.2) is 0 Å². The fraction of sp³-hybridized carbons (Fsp3) is 0.455. The molecule has 0 amide bonds. The van der Waals surface area contributed by atoms with Crippen molar-refractivity contribution in [2.24, 2.45) is 0 Å². The molecular formula is C11H16ClNO. The maximum atomic E-state index is 6.09. The van der Waals surface area contributed by atoms with E-state index in [-0.39, 0.29) is 0 Å². The van der Waals surface area contributed by atoms with Crippen molar-refractivity contribution in [1.29, 1.82) is 0 Å². The predicted molar refractivity (Wildman–Crippen MR) is 60.3 cm³/mol. The van der Waals surface area contributed by atoms with Crippen LogP contribution in [0.1, 0.15) is 5.56 Å². The van der Waals surface area contributed by atoms with Crippen molar-refractivity contribution >= 4 is 11.6 Å². The van der Waals surface area contributed by atoms with Gasteiger partial charge in [0.05, 0.1) is 7.11 Å². The zero-order valence-electron chi connectivity index (χ0n) is 8.88. The molecule has 0 aliphatic rings. The van der Waals surface area contributed by atoms with Crippen LogP contribution in [-0.2, 0) is 6.42 Å². The quantitative estimate of drug-likeness (QED) is 0.762. The first-order chi connectivity index (χ1) is 6.63. The highest BCUT2D eigenvalue weighted by atomic mass is 35.5. The van der Waals surface area contributed by atoms with Gasteiger partial charge in [-0.15, -0.1) is 0 Å². The second-order valence-electron chi connectivity index (χ2n) is 3.51. The maximum Gasteiger partial charge on any atom is 0.120 e. The highest BCUT2D eigenvalue weighted by Crippen LogP contribution is 2.22. The van der Waals surface area contributed by atoms with Crippen LogP contribution in [0.4, 0.5) is 0 Å². The summed E-state index contributed by atoms with van der Waals surface area (Å²) in [6, 6.07) is 5.81. The van der Waals surface area contributed by atoms with Gasteiger partial charge in [0.2, 0.25) is 0 Å². The van der Waals surface area contributed by atoms with Crippen LogP contribution in [0.3, 0.4) is 0 Å². The van der Waals surface area contributed by atoms with Crippen molar-refractivity contribution in [2.75, 3.05) is 27.7 Å².